The van der Waals surface area contributed by atoms with E-state index in [0.29, 0.717) is 0 Å². The third-order valence-corrected chi connectivity index (χ3v) is 1.65. The van der Waals surface area contributed by atoms with Crippen molar-refractivity contribution >= 4 is 14.4 Å². The van der Waals surface area contributed by atoms with Gasteiger partial charge in [-0.25, -0.2) is 0 Å². The van der Waals surface area contributed by atoms with Gasteiger partial charge in [0.15, 0.2) is 0 Å². The van der Waals surface area contributed by atoms with Crippen molar-refractivity contribution in [1.82, 2.24) is 0 Å². The molecule has 0 spiro atoms. The van der Waals surface area contributed by atoms with Gasteiger partial charge in [-0.1, -0.05) is 0 Å². The zero-order valence-corrected chi connectivity index (χ0v) is 6.26. The molecular formula is C5H8B2FO4. The van der Waals surface area contributed by atoms with Crippen molar-refractivity contribution in [3.8, 4) is 0 Å². The molecule has 1 unspecified atom stereocenters. The van der Waals surface area contributed by atoms with Crippen LogP contribution < -0.4 is 0 Å². The summed E-state index contributed by atoms with van der Waals surface area (Å²) in [5.41, 5.74) is 0. The van der Waals surface area contributed by atoms with Gasteiger partial charge in [0.25, 0.3) is 0 Å². The van der Waals surface area contributed by atoms with Crippen molar-refractivity contribution in [2.75, 3.05) is 6.61 Å². The van der Waals surface area contributed by atoms with Crippen LogP contribution in [-0.2, 0) is 9.39 Å². The van der Waals surface area contributed by atoms with Crippen LogP contribution in [0.4, 0.5) is 4.39 Å². The molecular weight excluding hydrogens is 165 g/mol. The van der Waals surface area contributed by atoms with E-state index in [-0.39, 0.29) is 6.61 Å². The SMILES string of the molecule is [B]=BOC[C@H]1OC(O)[C@@H](F)[C@@H]1O. The Morgan fingerprint density at radius 3 is 2.67 bits per heavy atom. The molecule has 12 heavy (non-hydrogen) atoms. The molecule has 1 aliphatic rings. The third-order valence-electron chi connectivity index (χ3n) is 1.65. The van der Waals surface area contributed by atoms with Gasteiger partial charge in [0.1, 0.15) is 0 Å². The Bertz CT molecular complexity index is 170. The van der Waals surface area contributed by atoms with Crippen molar-refractivity contribution in [3.63, 3.8) is 0 Å². The molecule has 0 aromatic heterocycles. The number of ether oxygens (including phenoxy) is 1. The van der Waals surface area contributed by atoms with E-state index in [2.05, 4.69) is 9.39 Å². The molecule has 4 nitrogen and oxygen atoms in total. The molecule has 0 saturated carbocycles. The Labute approximate surface area is 70.6 Å². The molecule has 0 aromatic rings. The van der Waals surface area contributed by atoms with E-state index in [9.17, 15) is 4.39 Å². The molecule has 4 atom stereocenters. The first-order valence-corrected chi connectivity index (χ1v) is 3.47. The van der Waals surface area contributed by atoms with E-state index in [1.165, 1.54) is 0 Å². The monoisotopic (exact) mass is 173 g/mol. The van der Waals surface area contributed by atoms with Crippen molar-refractivity contribution in [2.45, 2.75) is 24.7 Å². The van der Waals surface area contributed by atoms with Crippen molar-refractivity contribution in [3.05, 3.63) is 0 Å². The van der Waals surface area contributed by atoms with Crippen LogP contribution in [0, 0.1) is 0 Å². The Morgan fingerprint density at radius 2 is 2.25 bits per heavy atom. The van der Waals surface area contributed by atoms with Gasteiger partial charge in [0.05, 0.1) is 0 Å². The van der Waals surface area contributed by atoms with Gasteiger partial charge >= 0.3 is 69.6 Å². The quantitative estimate of drug-likeness (QED) is 0.490. The van der Waals surface area contributed by atoms with Crippen molar-refractivity contribution in [1.29, 1.82) is 0 Å². The van der Waals surface area contributed by atoms with Gasteiger partial charge in [-0.2, -0.15) is 0 Å². The van der Waals surface area contributed by atoms with Crippen molar-refractivity contribution in [2.24, 2.45) is 0 Å². The van der Waals surface area contributed by atoms with E-state index in [1.54, 1.807) is 0 Å². The molecule has 1 rings (SSSR count). The van der Waals surface area contributed by atoms with E-state index in [1.807, 2.05) is 0 Å². The fraction of sp³-hybridized carbons (Fsp3) is 1.00. The summed E-state index contributed by atoms with van der Waals surface area (Å²) < 4.78 is 21.9. The molecule has 1 fully saturated rings. The number of halogens is 1. The summed E-state index contributed by atoms with van der Waals surface area (Å²) in [6.07, 6.45) is -5.59. The van der Waals surface area contributed by atoms with Gasteiger partial charge in [0, 0.05) is 0 Å². The molecule has 7 heteroatoms. The summed E-state index contributed by atoms with van der Waals surface area (Å²) >= 11 is 0. The summed E-state index contributed by atoms with van der Waals surface area (Å²) in [7, 11) is 5.79. The number of aliphatic hydroxyl groups is 2. The first-order chi connectivity index (χ1) is 5.66. The zero-order valence-electron chi connectivity index (χ0n) is 6.26. The summed E-state index contributed by atoms with van der Waals surface area (Å²) in [5, 5.41) is 17.8. The molecule has 2 N–H and O–H groups in total. The van der Waals surface area contributed by atoms with Crippen LogP contribution in [0.3, 0.4) is 0 Å². The van der Waals surface area contributed by atoms with Crippen LogP contribution in [0.5, 0.6) is 0 Å². The second-order valence-corrected chi connectivity index (χ2v) is 2.47. The molecule has 0 bridgehead atoms. The van der Waals surface area contributed by atoms with Gasteiger partial charge < -0.3 is 0 Å². The normalized spacial score (nSPS) is 40.8. The Kier molecular flexibility index (Phi) is 3.37. The fourth-order valence-corrected chi connectivity index (χ4v) is 0.997. The first-order valence-electron chi connectivity index (χ1n) is 3.47. The number of rotatable bonds is 3. The molecule has 1 radical (unpaired) electrons. The minimum absolute atomic E-state index is 0.0743. The standard InChI is InChI=1S/C5H8B2FO4/c6-7-11-1-2-4(9)3(8)5(10)12-2/h2-5,9-10H,1H2/t2-,3+,4-,5?/m1/s1. The maximum atomic E-state index is 12.7. The fourth-order valence-electron chi connectivity index (χ4n) is 0.997. The first kappa shape index (κ1) is 9.83. The average Bonchev–Trinajstić information content (AvgIpc) is 2.30. The summed E-state index contributed by atoms with van der Waals surface area (Å²) in [6.45, 7) is -0.0743. The van der Waals surface area contributed by atoms with Crippen molar-refractivity contribution < 1.29 is 24.0 Å². The Hall–Kier alpha value is -0.260. The molecule has 0 aromatic carbocycles. The van der Waals surface area contributed by atoms with Gasteiger partial charge in [0.2, 0.25) is 0 Å². The van der Waals surface area contributed by atoms with Gasteiger partial charge in [-0.15, -0.1) is 0 Å². The van der Waals surface area contributed by atoms with E-state index < -0.39 is 24.7 Å². The number of hydrogen-bond acceptors (Lipinski definition) is 4. The molecule has 0 amide bonds. The molecule has 0 aliphatic carbocycles. The maximum absolute atomic E-state index is 12.7. The molecule has 1 aliphatic heterocycles. The van der Waals surface area contributed by atoms with Crippen LogP contribution in [0.1, 0.15) is 0 Å². The van der Waals surface area contributed by atoms with Crippen LogP contribution >= 0.6 is 0 Å². The summed E-state index contributed by atoms with van der Waals surface area (Å²) in [6, 6.07) is 0. The van der Waals surface area contributed by atoms with Crippen LogP contribution in [0.2, 0.25) is 0 Å². The Morgan fingerprint density at radius 1 is 1.58 bits per heavy atom. The van der Waals surface area contributed by atoms with Crippen LogP contribution in [0.25, 0.3) is 0 Å². The second kappa shape index (κ2) is 4.11. The van der Waals surface area contributed by atoms with Crippen LogP contribution in [0.15, 0.2) is 0 Å². The van der Waals surface area contributed by atoms with E-state index >= 15 is 0 Å². The topological polar surface area (TPSA) is 58.9 Å². The molecule has 65 valence electrons. The van der Waals surface area contributed by atoms with E-state index in [4.69, 9.17) is 17.6 Å². The van der Waals surface area contributed by atoms with Gasteiger partial charge in [-0.05, 0) is 0 Å². The third kappa shape index (κ3) is 1.91. The second-order valence-electron chi connectivity index (χ2n) is 2.47. The minimum atomic E-state index is -1.78. The number of alkyl halides is 1. The summed E-state index contributed by atoms with van der Waals surface area (Å²) in [5.74, 6) is 0. The predicted octanol–water partition coefficient (Wildman–Crippen LogP) is -1.88. The summed E-state index contributed by atoms with van der Waals surface area (Å²) in [4.78, 5) is 0. The molecule has 1 heterocycles. The predicted molar refractivity (Wildman–Crippen MR) is 39.2 cm³/mol. The van der Waals surface area contributed by atoms with Gasteiger partial charge in [-0.3, -0.25) is 0 Å². The zero-order chi connectivity index (χ0) is 9.14. The number of hydrogen-bond donors (Lipinski definition) is 2. The molecule has 1 saturated heterocycles. The Balaban J connectivity index is 2.41. The average molecular weight is 173 g/mol. The van der Waals surface area contributed by atoms with Crippen LogP contribution in [-0.4, -0.2) is 55.9 Å². The van der Waals surface area contributed by atoms with E-state index in [0.717, 1.165) is 7.00 Å². The number of aliphatic hydroxyl groups excluding tert-OH is 2.